The minimum atomic E-state index is -0.208. The number of amides is 2. The highest BCUT2D eigenvalue weighted by molar-refractivity contribution is 6.03. The molecule has 1 aromatic carbocycles. The lowest BCUT2D eigenvalue weighted by molar-refractivity contribution is -0.117. The first-order chi connectivity index (χ1) is 13.2. The van der Waals surface area contributed by atoms with Crippen molar-refractivity contribution in [2.75, 3.05) is 10.6 Å². The highest BCUT2D eigenvalue weighted by Gasteiger charge is 2.34. The van der Waals surface area contributed by atoms with E-state index in [-0.39, 0.29) is 11.8 Å². The molecule has 2 saturated heterocycles. The van der Waals surface area contributed by atoms with Crippen LogP contribution in [0.3, 0.4) is 0 Å². The Hall–Kier alpha value is -2.73. The van der Waals surface area contributed by atoms with E-state index in [1.165, 1.54) is 12.8 Å². The van der Waals surface area contributed by atoms with E-state index in [4.69, 9.17) is 0 Å². The van der Waals surface area contributed by atoms with Crippen LogP contribution in [-0.2, 0) is 4.79 Å². The Morgan fingerprint density at radius 2 is 1.74 bits per heavy atom. The van der Waals surface area contributed by atoms with Crippen molar-refractivity contribution in [2.24, 2.45) is 5.92 Å². The molecule has 3 heterocycles. The Kier molecular flexibility index (Phi) is 5.16. The Bertz CT molecular complexity index is 795. The molecule has 2 unspecified atom stereocenters. The maximum absolute atomic E-state index is 12.3. The zero-order chi connectivity index (χ0) is 18.6. The second-order valence-corrected chi connectivity index (χ2v) is 7.48. The lowest BCUT2D eigenvalue weighted by Crippen LogP contribution is -2.39. The van der Waals surface area contributed by atoms with E-state index >= 15 is 0 Å². The van der Waals surface area contributed by atoms with Crippen molar-refractivity contribution >= 4 is 23.3 Å². The van der Waals surface area contributed by atoms with Crippen LogP contribution in [0, 0.1) is 5.92 Å². The van der Waals surface area contributed by atoms with Gasteiger partial charge in [-0.05, 0) is 55.9 Å². The first kappa shape index (κ1) is 17.7. The van der Waals surface area contributed by atoms with Crippen LogP contribution < -0.4 is 16.0 Å². The number of hydrogen-bond donors (Lipinski definition) is 3. The second kappa shape index (κ2) is 7.88. The monoisotopic (exact) mass is 364 g/mol. The largest absolute Gasteiger partial charge is 0.325 e. The number of carbonyl (C=O) groups is 2. The second-order valence-electron chi connectivity index (χ2n) is 7.48. The summed E-state index contributed by atoms with van der Waals surface area (Å²) in [5.74, 6) is 0.738. The Balaban J connectivity index is 1.28. The van der Waals surface area contributed by atoms with Gasteiger partial charge in [0.1, 0.15) is 5.82 Å². The van der Waals surface area contributed by atoms with Crippen molar-refractivity contribution in [3.63, 3.8) is 0 Å². The molecule has 2 aromatic rings. The highest BCUT2D eigenvalue weighted by atomic mass is 16.2. The third kappa shape index (κ3) is 4.52. The minimum Gasteiger partial charge on any atom is -0.325 e. The number of carbonyl (C=O) groups excluding carboxylic acids is 2. The van der Waals surface area contributed by atoms with Gasteiger partial charge in [0.25, 0.3) is 5.91 Å². The maximum Gasteiger partial charge on any atom is 0.256 e. The number of aromatic nitrogens is 1. The molecule has 0 aliphatic carbocycles. The van der Waals surface area contributed by atoms with Crippen molar-refractivity contribution in [2.45, 2.75) is 44.2 Å². The highest BCUT2D eigenvalue weighted by Crippen LogP contribution is 2.32. The zero-order valence-electron chi connectivity index (χ0n) is 15.2. The molecule has 2 atom stereocenters. The summed E-state index contributed by atoms with van der Waals surface area (Å²) in [6.45, 7) is 0. The molecule has 27 heavy (non-hydrogen) atoms. The Labute approximate surface area is 158 Å². The van der Waals surface area contributed by atoms with Gasteiger partial charge in [0.15, 0.2) is 0 Å². The number of hydrogen-bond acceptors (Lipinski definition) is 4. The molecule has 2 aliphatic rings. The van der Waals surface area contributed by atoms with E-state index in [1.54, 1.807) is 30.5 Å². The molecular formula is C21H24N4O2. The third-order valence-electron chi connectivity index (χ3n) is 5.37. The van der Waals surface area contributed by atoms with Crippen molar-refractivity contribution < 1.29 is 9.59 Å². The summed E-state index contributed by atoms with van der Waals surface area (Å²) in [4.78, 5) is 28.7. The van der Waals surface area contributed by atoms with Crippen molar-refractivity contribution in [3.05, 3.63) is 54.2 Å². The lowest BCUT2D eigenvalue weighted by Gasteiger charge is -2.28. The quantitative estimate of drug-likeness (QED) is 0.761. The average Bonchev–Trinajstić information content (AvgIpc) is 3.02. The van der Waals surface area contributed by atoms with Gasteiger partial charge in [0.05, 0.1) is 11.9 Å². The molecule has 0 saturated carbocycles. The summed E-state index contributed by atoms with van der Waals surface area (Å²) >= 11 is 0. The van der Waals surface area contributed by atoms with Gasteiger partial charge in [-0.25, -0.2) is 4.98 Å². The molecule has 2 fully saturated rings. The fourth-order valence-electron chi connectivity index (χ4n) is 4.14. The molecule has 4 rings (SSSR count). The van der Waals surface area contributed by atoms with Gasteiger partial charge < -0.3 is 16.0 Å². The molecule has 2 bridgehead atoms. The standard InChI is InChI=1S/C21H24N4O2/c26-20(12-14-10-16-6-7-17(11-14)23-16)24-18-8-9-19(22-13-18)25-21(27)15-4-2-1-3-5-15/h1-5,8-9,13-14,16-17,23H,6-7,10-12H2,(H,24,26)(H,22,25,27). The summed E-state index contributed by atoms with van der Waals surface area (Å²) in [5.41, 5.74) is 1.22. The average molecular weight is 364 g/mol. The molecule has 2 amide bonds. The van der Waals surface area contributed by atoms with Gasteiger partial charge in [-0.3, -0.25) is 9.59 Å². The molecule has 2 aliphatic heterocycles. The number of pyridine rings is 1. The smallest absolute Gasteiger partial charge is 0.256 e. The van der Waals surface area contributed by atoms with Crippen LogP contribution in [0.2, 0.25) is 0 Å². The summed E-state index contributed by atoms with van der Waals surface area (Å²) in [5, 5.41) is 9.27. The minimum absolute atomic E-state index is 0.0316. The zero-order valence-corrected chi connectivity index (χ0v) is 15.2. The van der Waals surface area contributed by atoms with Gasteiger partial charge in [-0.15, -0.1) is 0 Å². The molecule has 0 radical (unpaired) electrons. The van der Waals surface area contributed by atoms with Gasteiger partial charge in [-0.2, -0.15) is 0 Å². The SMILES string of the molecule is O=C(CC1CC2CCC(C1)N2)Nc1ccc(NC(=O)c2ccccc2)nc1. The van der Waals surface area contributed by atoms with Crippen LogP contribution in [0.25, 0.3) is 0 Å². The van der Waals surface area contributed by atoms with Crippen LogP contribution in [0.4, 0.5) is 11.5 Å². The number of fused-ring (bicyclic) bond motifs is 2. The fourth-order valence-corrected chi connectivity index (χ4v) is 4.14. The Morgan fingerprint density at radius 3 is 2.41 bits per heavy atom. The number of benzene rings is 1. The molecule has 140 valence electrons. The van der Waals surface area contributed by atoms with E-state index in [9.17, 15) is 9.59 Å². The first-order valence-electron chi connectivity index (χ1n) is 9.54. The fraction of sp³-hybridized carbons (Fsp3) is 0.381. The molecule has 3 N–H and O–H groups in total. The van der Waals surface area contributed by atoms with Gasteiger partial charge >= 0.3 is 0 Å². The number of anilines is 2. The molecule has 1 aromatic heterocycles. The number of piperidine rings is 1. The third-order valence-corrected chi connectivity index (χ3v) is 5.37. The van der Waals surface area contributed by atoms with E-state index < -0.39 is 0 Å². The van der Waals surface area contributed by atoms with E-state index in [2.05, 4.69) is 20.9 Å². The van der Waals surface area contributed by atoms with Crippen molar-refractivity contribution in [3.8, 4) is 0 Å². The van der Waals surface area contributed by atoms with Crippen molar-refractivity contribution in [1.29, 1.82) is 0 Å². The number of nitrogens with one attached hydrogen (secondary N) is 3. The van der Waals surface area contributed by atoms with E-state index in [0.717, 1.165) is 12.8 Å². The predicted octanol–water partition coefficient (Wildman–Crippen LogP) is 3.19. The van der Waals surface area contributed by atoms with Crippen LogP contribution in [0.15, 0.2) is 48.7 Å². The molecule has 6 nitrogen and oxygen atoms in total. The Morgan fingerprint density at radius 1 is 1.00 bits per heavy atom. The molecular weight excluding hydrogens is 340 g/mol. The summed E-state index contributed by atoms with van der Waals surface area (Å²) in [6.07, 6.45) is 6.79. The van der Waals surface area contributed by atoms with Gasteiger partial charge in [0, 0.05) is 24.1 Å². The van der Waals surface area contributed by atoms with E-state index in [1.807, 2.05) is 18.2 Å². The van der Waals surface area contributed by atoms with Crippen LogP contribution >= 0.6 is 0 Å². The van der Waals surface area contributed by atoms with Crippen LogP contribution in [0.1, 0.15) is 42.5 Å². The summed E-state index contributed by atoms with van der Waals surface area (Å²) in [6, 6.07) is 13.6. The maximum atomic E-state index is 12.3. The normalized spacial score (nSPS) is 23.6. The van der Waals surface area contributed by atoms with Gasteiger partial charge in [0.2, 0.25) is 5.91 Å². The van der Waals surface area contributed by atoms with Crippen LogP contribution in [0.5, 0.6) is 0 Å². The topological polar surface area (TPSA) is 83.1 Å². The van der Waals surface area contributed by atoms with Gasteiger partial charge in [-0.1, -0.05) is 18.2 Å². The van der Waals surface area contributed by atoms with E-state index in [0.29, 0.717) is 41.5 Å². The molecule has 6 heteroatoms. The summed E-state index contributed by atoms with van der Waals surface area (Å²) < 4.78 is 0. The first-order valence-corrected chi connectivity index (χ1v) is 9.54. The number of rotatable bonds is 5. The van der Waals surface area contributed by atoms with Crippen LogP contribution in [-0.4, -0.2) is 28.9 Å². The molecule has 0 spiro atoms. The van der Waals surface area contributed by atoms with Crippen molar-refractivity contribution in [1.82, 2.24) is 10.3 Å². The lowest BCUT2D eigenvalue weighted by atomic mass is 9.89. The summed E-state index contributed by atoms with van der Waals surface area (Å²) in [7, 11) is 0. The predicted molar refractivity (Wildman–Crippen MR) is 105 cm³/mol. The number of nitrogens with zero attached hydrogens (tertiary/aromatic N) is 1.